The third kappa shape index (κ3) is 5.96. The molecule has 0 aromatic heterocycles. The third-order valence-corrected chi connectivity index (χ3v) is 3.72. The van der Waals surface area contributed by atoms with Gasteiger partial charge in [-0.1, -0.05) is 45.2 Å². The van der Waals surface area contributed by atoms with E-state index in [4.69, 9.17) is 4.74 Å². The van der Waals surface area contributed by atoms with Gasteiger partial charge < -0.3 is 10.1 Å². The summed E-state index contributed by atoms with van der Waals surface area (Å²) in [7, 11) is 0. The lowest BCUT2D eigenvalue weighted by Gasteiger charge is -2.23. The van der Waals surface area contributed by atoms with Crippen LogP contribution in [0.2, 0.25) is 0 Å². The van der Waals surface area contributed by atoms with E-state index in [2.05, 4.69) is 50.4 Å². The van der Waals surface area contributed by atoms with Crippen LogP contribution >= 0.6 is 0 Å². The molecule has 0 fully saturated rings. The van der Waals surface area contributed by atoms with Gasteiger partial charge in [0.25, 0.3) is 0 Å². The molecule has 0 bridgehead atoms. The van der Waals surface area contributed by atoms with Crippen LogP contribution in [0.1, 0.15) is 71.4 Å². The van der Waals surface area contributed by atoms with Crippen LogP contribution in [0.3, 0.4) is 0 Å². The van der Waals surface area contributed by atoms with Crippen molar-refractivity contribution in [1.82, 2.24) is 5.32 Å². The van der Waals surface area contributed by atoms with Crippen LogP contribution in [0, 0.1) is 0 Å². The Morgan fingerprint density at radius 3 is 2.25 bits per heavy atom. The molecule has 1 aromatic rings. The van der Waals surface area contributed by atoms with Crippen molar-refractivity contribution >= 4 is 0 Å². The van der Waals surface area contributed by atoms with E-state index in [0.717, 1.165) is 12.4 Å². The van der Waals surface area contributed by atoms with E-state index in [9.17, 15) is 0 Å². The number of nitrogens with one attached hydrogen (secondary N) is 1. The normalized spacial score (nSPS) is 14.0. The molecule has 20 heavy (non-hydrogen) atoms. The van der Waals surface area contributed by atoms with Gasteiger partial charge in [0, 0.05) is 12.1 Å². The Balaban J connectivity index is 2.55. The van der Waals surface area contributed by atoms with Crippen LogP contribution < -0.4 is 10.1 Å². The minimum Gasteiger partial charge on any atom is -0.494 e. The van der Waals surface area contributed by atoms with E-state index >= 15 is 0 Å². The number of ether oxygens (including phenoxy) is 1. The van der Waals surface area contributed by atoms with Crippen LogP contribution in [0.15, 0.2) is 24.3 Å². The van der Waals surface area contributed by atoms with Crippen molar-refractivity contribution in [1.29, 1.82) is 0 Å². The summed E-state index contributed by atoms with van der Waals surface area (Å²) >= 11 is 0. The fraction of sp³-hybridized carbons (Fsp3) is 0.667. The van der Waals surface area contributed by atoms with E-state index in [1.54, 1.807) is 0 Å². The molecule has 0 heterocycles. The van der Waals surface area contributed by atoms with Gasteiger partial charge in [0.15, 0.2) is 0 Å². The van der Waals surface area contributed by atoms with Crippen LogP contribution in [-0.2, 0) is 0 Å². The lowest BCUT2D eigenvalue weighted by molar-refractivity contribution is 0.340. The number of benzene rings is 1. The average molecular weight is 277 g/mol. The standard InChI is InChI=1S/C18H31NO/c1-5-8-10-17(9-6-2)19-15(4)16-11-13-18(14-12-16)20-7-3/h11-15,17,19H,5-10H2,1-4H3. The van der Waals surface area contributed by atoms with E-state index in [0.29, 0.717) is 12.1 Å². The smallest absolute Gasteiger partial charge is 0.119 e. The Labute approximate surface area is 124 Å². The van der Waals surface area contributed by atoms with Gasteiger partial charge in [-0.15, -0.1) is 0 Å². The van der Waals surface area contributed by atoms with Gasteiger partial charge in [-0.25, -0.2) is 0 Å². The molecule has 2 heteroatoms. The Morgan fingerprint density at radius 1 is 1.00 bits per heavy atom. The molecule has 0 amide bonds. The van der Waals surface area contributed by atoms with Crippen molar-refractivity contribution in [3.63, 3.8) is 0 Å². The van der Waals surface area contributed by atoms with Crippen molar-refractivity contribution in [3.8, 4) is 5.75 Å². The van der Waals surface area contributed by atoms with Gasteiger partial charge in [-0.2, -0.15) is 0 Å². The molecule has 2 unspecified atom stereocenters. The van der Waals surface area contributed by atoms with Gasteiger partial charge in [-0.05, 0) is 44.4 Å². The average Bonchev–Trinajstić information content (AvgIpc) is 2.46. The van der Waals surface area contributed by atoms with Gasteiger partial charge in [0.1, 0.15) is 5.75 Å². The molecule has 1 aromatic carbocycles. The molecule has 2 nitrogen and oxygen atoms in total. The predicted octanol–water partition coefficient (Wildman–Crippen LogP) is 5.09. The van der Waals surface area contributed by atoms with Gasteiger partial charge in [0.2, 0.25) is 0 Å². The fourth-order valence-electron chi connectivity index (χ4n) is 2.58. The molecule has 0 aliphatic heterocycles. The second-order valence-electron chi connectivity index (χ2n) is 5.52. The first-order valence-corrected chi connectivity index (χ1v) is 8.20. The van der Waals surface area contributed by atoms with Crippen molar-refractivity contribution in [2.75, 3.05) is 6.61 Å². The predicted molar refractivity (Wildman–Crippen MR) is 87.4 cm³/mol. The molecule has 0 aliphatic rings. The molecule has 1 N–H and O–H groups in total. The lowest BCUT2D eigenvalue weighted by atomic mass is 10.0. The molecule has 0 saturated heterocycles. The van der Waals surface area contributed by atoms with E-state index in [-0.39, 0.29) is 0 Å². The van der Waals surface area contributed by atoms with Crippen LogP contribution in [0.5, 0.6) is 5.75 Å². The number of rotatable bonds is 10. The number of unbranched alkanes of at least 4 members (excludes halogenated alkanes) is 1. The summed E-state index contributed by atoms with van der Waals surface area (Å²) in [4.78, 5) is 0. The van der Waals surface area contributed by atoms with Gasteiger partial charge in [0.05, 0.1) is 6.61 Å². The fourth-order valence-corrected chi connectivity index (χ4v) is 2.58. The zero-order valence-electron chi connectivity index (χ0n) is 13.6. The summed E-state index contributed by atoms with van der Waals surface area (Å²) in [5, 5.41) is 3.78. The first-order chi connectivity index (χ1) is 9.71. The van der Waals surface area contributed by atoms with E-state index < -0.39 is 0 Å². The van der Waals surface area contributed by atoms with E-state index in [1.165, 1.54) is 37.7 Å². The number of hydrogen-bond acceptors (Lipinski definition) is 2. The summed E-state index contributed by atoms with van der Waals surface area (Å²) in [5.74, 6) is 0.958. The highest BCUT2D eigenvalue weighted by molar-refractivity contribution is 5.28. The first-order valence-electron chi connectivity index (χ1n) is 8.20. The monoisotopic (exact) mass is 277 g/mol. The molecule has 1 rings (SSSR count). The number of hydrogen-bond donors (Lipinski definition) is 1. The summed E-state index contributed by atoms with van der Waals surface area (Å²) in [6.07, 6.45) is 6.39. The summed E-state index contributed by atoms with van der Waals surface area (Å²) in [6.45, 7) is 9.52. The minimum atomic E-state index is 0.402. The van der Waals surface area contributed by atoms with Gasteiger partial charge >= 0.3 is 0 Å². The Bertz CT molecular complexity index is 347. The molecule has 0 spiro atoms. The zero-order valence-corrected chi connectivity index (χ0v) is 13.6. The third-order valence-electron chi connectivity index (χ3n) is 3.72. The van der Waals surface area contributed by atoms with Crippen molar-refractivity contribution < 1.29 is 4.74 Å². The molecule has 2 atom stereocenters. The maximum Gasteiger partial charge on any atom is 0.119 e. The van der Waals surface area contributed by atoms with Crippen molar-refractivity contribution in [2.45, 2.75) is 71.9 Å². The molecular weight excluding hydrogens is 246 g/mol. The highest BCUT2D eigenvalue weighted by Crippen LogP contribution is 2.19. The molecule has 114 valence electrons. The van der Waals surface area contributed by atoms with Crippen LogP contribution in [0.25, 0.3) is 0 Å². The Hall–Kier alpha value is -1.02. The minimum absolute atomic E-state index is 0.402. The maximum atomic E-state index is 5.49. The quantitative estimate of drug-likeness (QED) is 0.643. The van der Waals surface area contributed by atoms with Crippen LogP contribution in [-0.4, -0.2) is 12.6 Å². The molecule has 0 aliphatic carbocycles. The summed E-state index contributed by atoms with van der Waals surface area (Å²) in [6, 6.07) is 9.52. The second kappa shape index (κ2) is 9.82. The molecule has 0 saturated carbocycles. The highest BCUT2D eigenvalue weighted by atomic mass is 16.5. The second-order valence-corrected chi connectivity index (χ2v) is 5.52. The Kier molecular flexibility index (Phi) is 8.36. The van der Waals surface area contributed by atoms with Crippen molar-refractivity contribution in [3.05, 3.63) is 29.8 Å². The van der Waals surface area contributed by atoms with Gasteiger partial charge in [-0.3, -0.25) is 0 Å². The highest BCUT2D eigenvalue weighted by Gasteiger charge is 2.12. The van der Waals surface area contributed by atoms with E-state index in [1.807, 2.05) is 6.92 Å². The molecule has 0 radical (unpaired) electrons. The topological polar surface area (TPSA) is 21.3 Å². The van der Waals surface area contributed by atoms with Crippen molar-refractivity contribution in [2.24, 2.45) is 0 Å². The summed E-state index contributed by atoms with van der Waals surface area (Å²) in [5.41, 5.74) is 1.34. The molecular formula is C18H31NO. The maximum absolute atomic E-state index is 5.49. The summed E-state index contributed by atoms with van der Waals surface area (Å²) < 4.78 is 5.49. The zero-order chi connectivity index (χ0) is 14.8. The lowest BCUT2D eigenvalue weighted by Crippen LogP contribution is -2.31. The SMILES string of the molecule is CCCCC(CCC)NC(C)c1ccc(OCC)cc1. The Morgan fingerprint density at radius 2 is 1.70 bits per heavy atom. The largest absolute Gasteiger partial charge is 0.494 e. The van der Waals surface area contributed by atoms with Crippen LogP contribution in [0.4, 0.5) is 0 Å². The first kappa shape index (κ1) is 17.0.